The molecule has 2 atom stereocenters. The van der Waals surface area contributed by atoms with Crippen molar-refractivity contribution in [2.75, 3.05) is 0 Å². The van der Waals surface area contributed by atoms with Crippen LogP contribution >= 0.6 is 15.9 Å². The van der Waals surface area contributed by atoms with E-state index in [0.717, 1.165) is 36.0 Å². The standard InChI is InChI=1S/C16H23BrN4/c1-11-15(17)12(2)21(20-11)9-7-13-4-3-8-16(13,10-18)19-14-5-6-14/h13-14,19H,3-9H2,1-2H3. The van der Waals surface area contributed by atoms with Crippen LogP contribution in [-0.4, -0.2) is 21.4 Å². The summed E-state index contributed by atoms with van der Waals surface area (Å²) in [7, 11) is 0. The van der Waals surface area contributed by atoms with Crippen LogP contribution in [0.15, 0.2) is 4.47 Å². The van der Waals surface area contributed by atoms with Gasteiger partial charge in [-0.25, -0.2) is 0 Å². The van der Waals surface area contributed by atoms with E-state index in [1.54, 1.807) is 0 Å². The van der Waals surface area contributed by atoms with Crippen LogP contribution in [0, 0.1) is 31.1 Å². The summed E-state index contributed by atoms with van der Waals surface area (Å²) in [4.78, 5) is 0. The lowest BCUT2D eigenvalue weighted by Gasteiger charge is -2.30. The first-order valence-corrected chi connectivity index (χ1v) is 8.73. The Labute approximate surface area is 135 Å². The smallest absolute Gasteiger partial charge is 0.109 e. The quantitative estimate of drug-likeness (QED) is 0.884. The second-order valence-corrected chi connectivity index (χ2v) is 7.38. The van der Waals surface area contributed by atoms with Gasteiger partial charge in [-0.05, 0) is 67.8 Å². The van der Waals surface area contributed by atoms with Crippen molar-refractivity contribution < 1.29 is 0 Å². The van der Waals surface area contributed by atoms with E-state index in [2.05, 4.69) is 44.0 Å². The van der Waals surface area contributed by atoms with Crippen molar-refractivity contribution in [3.63, 3.8) is 0 Å². The Morgan fingerprint density at radius 1 is 1.43 bits per heavy atom. The monoisotopic (exact) mass is 350 g/mol. The molecule has 2 saturated carbocycles. The fourth-order valence-corrected chi connectivity index (χ4v) is 3.88. The summed E-state index contributed by atoms with van der Waals surface area (Å²) in [5.41, 5.74) is 1.94. The van der Waals surface area contributed by atoms with Gasteiger partial charge >= 0.3 is 0 Å². The van der Waals surface area contributed by atoms with E-state index in [1.165, 1.54) is 25.0 Å². The van der Waals surface area contributed by atoms with E-state index in [-0.39, 0.29) is 5.54 Å². The molecule has 1 aromatic rings. The number of halogens is 1. The highest BCUT2D eigenvalue weighted by Crippen LogP contribution is 2.40. The van der Waals surface area contributed by atoms with Crippen molar-refractivity contribution >= 4 is 15.9 Å². The van der Waals surface area contributed by atoms with Gasteiger partial charge < -0.3 is 0 Å². The number of hydrogen-bond acceptors (Lipinski definition) is 3. The maximum Gasteiger partial charge on any atom is 0.109 e. The summed E-state index contributed by atoms with van der Waals surface area (Å²) in [5, 5.41) is 17.9. The molecule has 5 heteroatoms. The van der Waals surface area contributed by atoms with Crippen LogP contribution in [0.25, 0.3) is 0 Å². The lowest BCUT2D eigenvalue weighted by Crippen LogP contribution is -2.48. The molecule has 0 spiro atoms. The Kier molecular flexibility index (Phi) is 4.11. The van der Waals surface area contributed by atoms with Gasteiger partial charge in [0.2, 0.25) is 0 Å². The summed E-state index contributed by atoms with van der Waals surface area (Å²) in [6.07, 6.45) is 6.83. The lowest BCUT2D eigenvalue weighted by atomic mass is 9.85. The molecule has 0 radical (unpaired) electrons. The molecule has 3 rings (SSSR count). The number of hydrogen-bond donors (Lipinski definition) is 1. The second-order valence-electron chi connectivity index (χ2n) is 6.59. The van der Waals surface area contributed by atoms with Gasteiger partial charge in [0, 0.05) is 18.3 Å². The molecule has 2 aliphatic rings. The van der Waals surface area contributed by atoms with Crippen molar-refractivity contribution in [1.29, 1.82) is 5.26 Å². The predicted octanol–water partition coefficient (Wildman–Crippen LogP) is 3.47. The molecule has 0 aliphatic heterocycles. The van der Waals surface area contributed by atoms with Crippen LogP contribution in [0.5, 0.6) is 0 Å². The van der Waals surface area contributed by atoms with Gasteiger partial charge in [0.1, 0.15) is 5.54 Å². The summed E-state index contributed by atoms with van der Waals surface area (Å²) >= 11 is 3.58. The topological polar surface area (TPSA) is 53.6 Å². The first-order chi connectivity index (χ1) is 10.1. The first kappa shape index (κ1) is 15.1. The van der Waals surface area contributed by atoms with Gasteiger partial charge in [0.05, 0.1) is 16.2 Å². The molecule has 2 fully saturated rings. The zero-order valence-electron chi connectivity index (χ0n) is 12.8. The molecule has 2 unspecified atom stereocenters. The summed E-state index contributed by atoms with van der Waals surface area (Å²) in [5.74, 6) is 0.450. The minimum Gasteiger partial charge on any atom is -0.296 e. The number of nitrogens with one attached hydrogen (secondary N) is 1. The Balaban J connectivity index is 1.68. The molecule has 4 nitrogen and oxygen atoms in total. The Morgan fingerprint density at radius 3 is 2.76 bits per heavy atom. The van der Waals surface area contributed by atoms with E-state index in [0.29, 0.717) is 12.0 Å². The van der Waals surface area contributed by atoms with Crippen molar-refractivity contribution in [3.05, 3.63) is 15.9 Å². The molecule has 0 saturated heterocycles. The van der Waals surface area contributed by atoms with Crippen molar-refractivity contribution in [2.24, 2.45) is 5.92 Å². The summed E-state index contributed by atoms with van der Waals surface area (Å²) < 4.78 is 3.19. The Hall–Kier alpha value is -0.860. The third kappa shape index (κ3) is 2.89. The predicted molar refractivity (Wildman–Crippen MR) is 85.9 cm³/mol. The van der Waals surface area contributed by atoms with E-state index in [4.69, 9.17) is 0 Å². The van der Waals surface area contributed by atoms with E-state index in [1.807, 2.05) is 6.92 Å². The van der Waals surface area contributed by atoms with Crippen molar-refractivity contribution in [3.8, 4) is 6.07 Å². The zero-order chi connectivity index (χ0) is 15.0. The highest BCUT2D eigenvalue weighted by molar-refractivity contribution is 9.10. The third-order valence-corrected chi connectivity index (χ3v) is 6.19. The van der Waals surface area contributed by atoms with Crippen LogP contribution in [0.4, 0.5) is 0 Å². The molecule has 2 aliphatic carbocycles. The van der Waals surface area contributed by atoms with Gasteiger partial charge in [-0.3, -0.25) is 10.00 Å². The number of aromatic nitrogens is 2. The number of nitrogens with zero attached hydrogens (tertiary/aromatic N) is 3. The number of aryl methyl sites for hydroxylation is 2. The van der Waals surface area contributed by atoms with E-state index < -0.39 is 0 Å². The maximum atomic E-state index is 9.72. The molecular weight excluding hydrogens is 328 g/mol. The molecule has 0 amide bonds. The van der Waals surface area contributed by atoms with Gasteiger partial charge in [-0.15, -0.1) is 0 Å². The molecule has 1 heterocycles. The van der Waals surface area contributed by atoms with Crippen LogP contribution in [0.1, 0.15) is 49.9 Å². The minimum absolute atomic E-state index is 0.283. The number of nitriles is 1. The minimum atomic E-state index is -0.283. The average molecular weight is 351 g/mol. The fraction of sp³-hybridized carbons (Fsp3) is 0.750. The van der Waals surface area contributed by atoms with Gasteiger partial charge in [0.15, 0.2) is 0 Å². The Morgan fingerprint density at radius 2 is 2.19 bits per heavy atom. The SMILES string of the molecule is Cc1nn(CCC2CCCC2(C#N)NC2CC2)c(C)c1Br. The van der Waals surface area contributed by atoms with Crippen LogP contribution in [-0.2, 0) is 6.54 Å². The van der Waals surface area contributed by atoms with Crippen LogP contribution in [0.2, 0.25) is 0 Å². The van der Waals surface area contributed by atoms with Gasteiger partial charge in [-0.1, -0.05) is 6.42 Å². The normalized spacial score (nSPS) is 28.8. The molecule has 114 valence electrons. The van der Waals surface area contributed by atoms with Gasteiger partial charge in [-0.2, -0.15) is 10.4 Å². The number of rotatable bonds is 5. The zero-order valence-corrected chi connectivity index (χ0v) is 14.4. The molecule has 0 bridgehead atoms. The fourth-order valence-electron chi connectivity index (χ4n) is 3.60. The highest BCUT2D eigenvalue weighted by atomic mass is 79.9. The third-order valence-electron chi connectivity index (χ3n) is 5.04. The largest absolute Gasteiger partial charge is 0.296 e. The van der Waals surface area contributed by atoms with Crippen molar-refractivity contribution in [1.82, 2.24) is 15.1 Å². The molecule has 1 N–H and O–H groups in total. The molecule has 21 heavy (non-hydrogen) atoms. The van der Waals surface area contributed by atoms with Crippen LogP contribution < -0.4 is 5.32 Å². The van der Waals surface area contributed by atoms with Crippen LogP contribution in [0.3, 0.4) is 0 Å². The van der Waals surface area contributed by atoms with Crippen molar-refractivity contribution in [2.45, 2.75) is 70.5 Å². The maximum absolute atomic E-state index is 9.72. The molecular formula is C16H23BrN4. The molecule has 0 aromatic carbocycles. The summed E-state index contributed by atoms with van der Waals surface area (Å²) in [6.45, 7) is 5.02. The summed E-state index contributed by atoms with van der Waals surface area (Å²) in [6, 6.07) is 3.21. The lowest BCUT2D eigenvalue weighted by molar-refractivity contribution is 0.283. The van der Waals surface area contributed by atoms with Gasteiger partial charge in [0.25, 0.3) is 0 Å². The second kappa shape index (κ2) is 5.73. The molecule has 1 aromatic heterocycles. The highest BCUT2D eigenvalue weighted by Gasteiger charge is 2.45. The van der Waals surface area contributed by atoms with E-state index in [9.17, 15) is 5.26 Å². The van der Waals surface area contributed by atoms with E-state index >= 15 is 0 Å². The Bertz CT molecular complexity index is 570. The average Bonchev–Trinajstić information content (AvgIpc) is 3.15. The first-order valence-electron chi connectivity index (χ1n) is 7.94.